The lowest BCUT2D eigenvalue weighted by molar-refractivity contribution is -0.643. The van der Waals surface area contributed by atoms with Crippen LogP contribution in [0.15, 0.2) is 213 Å². The summed E-state index contributed by atoms with van der Waals surface area (Å²) in [7, 11) is 8.81. The van der Waals surface area contributed by atoms with E-state index in [2.05, 4.69) is 422 Å². The van der Waals surface area contributed by atoms with Gasteiger partial charge in [-0.25, -0.2) is 18.3 Å². The van der Waals surface area contributed by atoms with E-state index in [1.807, 2.05) is 0 Å². The Balaban J connectivity index is 0.000000112. The summed E-state index contributed by atoms with van der Waals surface area (Å²) in [6.45, 7) is 48.9. The number of benzene rings is 10. The molecule has 8 nitrogen and oxygen atoms in total. The molecule has 0 amide bonds. The zero-order valence-corrected chi connectivity index (χ0v) is 73.7. The van der Waals surface area contributed by atoms with Crippen LogP contribution in [0.1, 0.15) is 189 Å². The van der Waals surface area contributed by atoms with E-state index in [0.29, 0.717) is 23.7 Å². The van der Waals surface area contributed by atoms with Crippen LogP contribution in [0.2, 0.25) is 0 Å². The molecule has 0 atom stereocenters. The van der Waals surface area contributed by atoms with Gasteiger partial charge in [-0.3, -0.25) is 0 Å². The third-order valence-corrected chi connectivity index (χ3v) is 28.0. The Morgan fingerprint density at radius 3 is 1.18 bits per heavy atom. The normalized spacial score (nSPS) is 14.6. The Bertz CT molecular complexity index is 7080. The summed E-state index contributed by atoms with van der Waals surface area (Å²) in [5, 5.41) is 16.2. The average Bonchev–Trinajstić information content (AvgIpc) is 1.39. The Hall–Kier alpha value is -11.0. The van der Waals surface area contributed by atoms with E-state index < -0.39 is 0 Å². The van der Waals surface area contributed by atoms with Crippen LogP contribution in [0.5, 0.6) is 0 Å². The van der Waals surface area contributed by atoms with Crippen LogP contribution in [-0.4, -0.2) is 17.8 Å². The fourth-order valence-electron chi connectivity index (χ4n) is 21.1. The Morgan fingerprint density at radius 2 is 0.698 bits per heavy atom. The van der Waals surface area contributed by atoms with E-state index in [4.69, 9.17) is 0 Å². The second-order valence-electron chi connectivity index (χ2n) is 38.2. The van der Waals surface area contributed by atoms with E-state index in [9.17, 15) is 0 Å². The largest absolute Gasteiger partial charge is 0.295 e. The van der Waals surface area contributed by atoms with Crippen molar-refractivity contribution in [3.63, 3.8) is 0 Å². The summed E-state index contributed by atoms with van der Waals surface area (Å²) in [5.74, 6) is 2.29. The number of fused-ring (bicyclic) bond motifs is 18. The van der Waals surface area contributed by atoms with Gasteiger partial charge in [0.05, 0.1) is 49.7 Å². The number of nitrogens with zero attached hydrogens (tertiary/aromatic N) is 8. The first-order chi connectivity index (χ1) is 55.2. The molecule has 116 heavy (non-hydrogen) atoms. The molecule has 8 aromatic heterocycles. The molecule has 0 spiro atoms. The molecule has 0 radical (unpaired) electrons. The van der Waals surface area contributed by atoms with Crippen LogP contribution in [0.25, 0.3) is 132 Å². The summed E-state index contributed by atoms with van der Waals surface area (Å²) in [5.41, 5.74) is 34.4. The first kappa shape index (κ1) is 77.6. The van der Waals surface area contributed by atoms with E-state index in [1.165, 1.54) is 205 Å². The molecule has 2 aliphatic rings. The molecule has 8 heteroatoms. The van der Waals surface area contributed by atoms with Crippen LogP contribution in [0, 0.1) is 52.4 Å². The molecule has 0 saturated heterocycles. The monoisotopic (exact) mass is 1530 g/mol. The SMILES string of the molecule is Cc1cccc2c3cccc4c3[n+]3c(c(C)n(C)c3c12)C(C)(C)C4(C)C.Cc1cccc2c3cccc4c3n3c(c[n+](C)c3c12)C(C)(C)C4(C)C.Cc1cccc2c3ccccc3n3c(-c4c(CC(C)C)cccc4C(C)C)c[n+](C)c3c12.Cc1cccc2c3ccccc3n3c(-c4c(CC(C)C)cccc4CC(C)C)c[n+](C)c3c12. The number of aryl methyl sites for hydroxylation is 8. The Kier molecular flexibility index (Phi) is 18.8. The van der Waals surface area contributed by atoms with E-state index in [1.54, 1.807) is 0 Å². The van der Waals surface area contributed by atoms with Crippen LogP contribution in [0.3, 0.4) is 0 Å². The van der Waals surface area contributed by atoms with Crippen LogP contribution in [-0.2, 0) is 69.1 Å². The maximum absolute atomic E-state index is 2.57. The van der Waals surface area contributed by atoms with Gasteiger partial charge in [-0.05, 0) is 127 Å². The van der Waals surface area contributed by atoms with Gasteiger partial charge in [-0.15, -0.1) is 0 Å². The third-order valence-electron chi connectivity index (χ3n) is 28.0. The lowest BCUT2D eigenvalue weighted by Crippen LogP contribution is -2.51. The highest BCUT2D eigenvalue weighted by Gasteiger charge is 2.53. The van der Waals surface area contributed by atoms with Crippen molar-refractivity contribution in [1.82, 2.24) is 17.8 Å². The number of para-hydroxylation sites is 4. The van der Waals surface area contributed by atoms with Gasteiger partial charge in [0, 0.05) is 93.9 Å². The van der Waals surface area contributed by atoms with Gasteiger partial charge in [0.1, 0.15) is 46.4 Å². The Labute approximate surface area is 687 Å². The predicted octanol–water partition coefficient (Wildman–Crippen LogP) is 25.0. The van der Waals surface area contributed by atoms with Crippen molar-refractivity contribution in [2.45, 2.75) is 192 Å². The van der Waals surface area contributed by atoms with Crippen LogP contribution in [0.4, 0.5) is 0 Å². The second-order valence-corrected chi connectivity index (χ2v) is 38.2. The van der Waals surface area contributed by atoms with Crippen molar-refractivity contribution in [2.24, 2.45) is 45.9 Å². The quantitative estimate of drug-likeness (QED) is 0.102. The lowest BCUT2D eigenvalue weighted by Gasteiger charge is -2.43. The fourth-order valence-corrected chi connectivity index (χ4v) is 21.1. The molecule has 0 bridgehead atoms. The number of aromatic nitrogens is 8. The number of hydrogen-bond acceptors (Lipinski definition) is 0. The zero-order chi connectivity index (χ0) is 82.2. The number of rotatable bonds is 9. The average molecular weight is 1530 g/mol. The van der Waals surface area contributed by atoms with E-state index >= 15 is 0 Å². The maximum Gasteiger partial charge on any atom is 0.295 e. The number of imidazole rings is 4. The maximum atomic E-state index is 2.57. The van der Waals surface area contributed by atoms with Crippen LogP contribution < -0.4 is 18.1 Å². The molecule has 18 aromatic rings. The summed E-state index contributed by atoms with van der Waals surface area (Å²) >= 11 is 0. The molecule has 0 aliphatic carbocycles. The second kappa shape index (κ2) is 28.2. The smallest absolute Gasteiger partial charge is 0.232 e. The summed E-state index contributed by atoms with van der Waals surface area (Å²) < 4.78 is 19.5. The number of pyridine rings is 4. The molecule has 588 valence electrons. The minimum atomic E-state index is 0.0406. The van der Waals surface area contributed by atoms with Gasteiger partial charge in [-0.1, -0.05) is 293 Å². The van der Waals surface area contributed by atoms with Gasteiger partial charge in [0.15, 0.2) is 22.8 Å². The van der Waals surface area contributed by atoms with Gasteiger partial charge in [0.2, 0.25) is 0 Å². The first-order valence-corrected chi connectivity index (χ1v) is 42.8. The van der Waals surface area contributed by atoms with Crippen molar-refractivity contribution in [3.05, 3.63) is 285 Å². The molecule has 0 N–H and O–H groups in total. The lowest BCUT2D eigenvalue weighted by atomic mass is 9.60. The molecular formula is C108H120N8+4. The molecule has 0 unspecified atom stereocenters. The highest BCUT2D eigenvalue weighted by Crippen LogP contribution is 2.53. The summed E-state index contributed by atoms with van der Waals surface area (Å²) in [6.07, 6.45) is 10.3. The molecule has 0 fully saturated rings. The van der Waals surface area contributed by atoms with Crippen molar-refractivity contribution >= 4 is 109 Å². The first-order valence-electron chi connectivity index (χ1n) is 42.8. The molecular weight excluding hydrogens is 1410 g/mol. The molecule has 2 aliphatic heterocycles. The van der Waals surface area contributed by atoms with Crippen molar-refractivity contribution in [2.75, 3.05) is 0 Å². The Morgan fingerprint density at radius 1 is 0.336 bits per heavy atom. The van der Waals surface area contributed by atoms with Crippen molar-refractivity contribution in [1.29, 1.82) is 0 Å². The van der Waals surface area contributed by atoms with Crippen LogP contribution >= 0.6 is 0 Å². The molecule has 20 rings (SSSR count). The topological polar surface area (TPSA) is 33.9 Å². The van der Waals surface area contributed by atoms with Gasteiger partial charge in [-0.2, -0.15) is 17.6 Å². The molecule has 0 saturated carbocycles. The van der Waals surface area contributed by atoms with Gasteiger partial charge in [0.25, 0.3) is 22.6 Å². The van der Waals surface area contributed by atoms with Crippen molar-refractivity contribution < 1.29 is 18.1 Å². The molecule has 10 aromatic carbocycles. The predicted molar refractivity (Wildman–Crippen MR) is 491 cm³/mol. The van der Waals surface area contributed by atoms with Gasteiger partial charge >= 0.3 is 0 Å². The van der Waals surface area contributed by atoms with E-state index in [-0.39, 0.29) is 21.7 Å². The zero-order valence-electron chi connectivity index (χ0n) is 73.7. The fraction of sp³-hybridized carbons (Fsp3) is 0.333. The summed E-state index contributed by atoms with van der Waals surface area (Å²) in [4.78, 5) is 0. The highest BCUT2D eigenvalue weighted by atomic mass is 15.2. The van der Waals surface area contributed by atoms with Gasteiger partial charge < -0.3 is 0 Å². The minimum absolute atomic E-state index is 0.0406. The molecule has 10 heterocycles. The van der Waals surface area contributed by atoms with Crippen molar-refractivity contribution in [3.8, 4) is 22.5 Å². The number of hydrogen-bond donors (Lipinski definition) is 0. The standard InChI is InChI=1S/C31H35N2.C30H33N2.C24H27N2.C23H25N2/c1-20(2)17-23-12-10-13-24(18-21(3)4)30(23)28-19-32(6)31-29-22(5)11-9-15-26(29)25-14-7-8-16-27(25)33(28)31;1-19(2)17-22-12-10-14-23(20(3)4)29(22)27-18-31(6)30-28-21(5)11-9-15-25(28)24-13-7-8-16-26(24)32(27)30;1-14-10-8-11-16-17-12-9-13-18-20(17)26-21(24(5,6)23(18,3)4)15(2)25(7)22(26)19(14)16;1-14-9-7-10-15-16-11-8-12-17-20(16)25-18(23(4,5)22(17,2)3)13-24(6)21(25)19(14)15/h7-16,19-21H,17-18H2,1-6H3;7-16,18-20H,17H2,1-6H3;8-13H,1-7H3;7-13H,1-6H3/q4*+1. The highest BCUT2D eigenvalue weighted by molar-refractivity contribution is 6.16. The minimum Gasteiger partial charge on any atom is -0.232 e. The third kappa shape index (κ3) is 11.5. The summed E-state index contributed by atoms with van der Waals surface area (Å²) in [6, 6.07) is 72.1. The van der Waals surface area contributed by atoms with E-state index in [0.717, 1.165) is 19.3 Å².